The molecular weight excluding hydrogens is 224 g/mol. The summed E-state index contributed by atoms with van der Waals surface area (Å²) in [5, 5.41) is 6.39. The highest BCUT2D eigenvalue weighted by Gasteiger charge is 2.26. The van der Waals surface area contributed by atoms with E-state index < -0.39 is 5.91 Å². The molecule has 86 valence electrons. The van der Waals surface area contributed by atoms with E-state index in [1.165, 1.54) is 17.3 Å². The molecule has 17 heavy (non-hydrogen) atoms. The molecule has 0 spiro atoms. The van der Waals surface area contributed by atoms with Crippen molar-refractivity contribution in [2.75, 3.05) is 0 Å². The zero-order valence-corrected chi connectivity index (χ0v) is 8.93. The molecule has 0 saturated carbocycles. The Morgan fingerprint density at radius 2 is 2.29 bits per heavy atom. The summed E-state index contributed by atoms with van der Waals surface area (Å²) in [7, 11) is 0. The molecule has 3 heterocycles. The van der Waals surface area contributed by atoms with Crippen LogP contribution in [0.2, 0.25) is 0 Å². The number of aromatic nitrogens is 3. The lowest BCUT2D eigenvalue weighted by atomic mass is 10.1. The number of carbonyl (C=O) groups is 2. The molecule has 2 amide bonds. The van der Waals surface area contributed by atoms with Gasteiger partial charge < -0.3 is 4.42 Å². The Morgan fingerprint density at radius 3 is 3.00 bits per heavy atom. The quantitative estimate of drug-likeness (QED) is 0.698. The summed E-state index contributed by atoms with van der Waals surface area (Å²) in [6, 6.07) is 0. The fourth-order valence-corrected chi connectivity index (χ4v) is 1.74. The highest BCUT2D eigenvalue weighted by atomic mass is 16.4. The summed E-state index contributed by atoms with van der Waals surface area (Å²) in [6.45, 7) is 1.77. The number of amides is 2. The third-order valence-corrected chi connectivity index (χ3v) is 2.54. The van der Waals surface area contributed by atoms with E-state index in [2.05, 4.69) is 15.4 Å². The molecule has 0 saturated heterocycles. The van der Waals surface area contributed by atoms with Gasteiger partial charge in [-0.1, -0.05) is 0 Å². The normalized spacial score (nSPS) is 14.6. The second-order valence-corrected chi connectivity index (χ2v) is 3.73. The van der Waals surface area contributed by atoms with Gasteiger partial charge in [0, 0.05) is 6.20 Å². The number of nitrogens with one attached hydrogen (secondary N) is 1. The lowest BCUT2D eigenvalue weighted by Gasteiger charge is -2.07. The van der Waals surface area contributed by atoms with Gasteiger partial charge in [-0.05, 0) is 6.92 Å². The minimum atomic E-state index is -0.431. The van der Waals surface area contributed by atoms with Crippen LogP contribution in [0.4, 0.5) is 0 Å². The third kappa shape index (κ3) is 1.43. The summed E-state index contributed by atoms with van der Waals surface area (Å²) in [5.74, 6) is -0.332. The second-order valence-electron chi connectivity index (χ2n) is 3.73. The fourth-order valence-electron chi connectivity index (χ4n) is 1.74. The molecule has 0 radical (unpaired) electrons. The molecule has 1 aliphatic heterocycles. The molecular formula is C10H8N4O3. The molecule has 2 aromatic rings. The lowest BCUT2D eigenvalue weighted by Crippen LogP contribution is -2.36. The summed E-state index contributed by atoms with van der Waals surface area (Å²) in [6.07, 6.45) is 2.93. The van der Waals surface area contributed by atoms with Crippen LogP contribution >= 0.6 is 0 Å². The van der Waals surface area contributed by atoms with Crippen molar-refractivity contribution in [3.63, 3.8) is 0 Å². The van der Waals surface area contributed by atoms with Crippen molar-refractivity contribution < 1.29 is 14.0 Å². The average molecular weight is 232 g/mol. The summed E-state index contributed by atoms with van der Waals surface area (Å²) < 4.78 is 6.58. The number of hydrogen-bond donors (Lipinski definition) is 1. The van der Waals surface area contributed by atoms with E-state index in [1.807, 2.05) is 0 Å². The molecule has 0 unspecified atom stereocenters. The Hall–Kier alpha value is -2.44. The summed E-state index contributed by atoms with van der Waals surface area (Å²) >= 11 is 0. The van der Waals surface area contributed by atoms with Crippen LogP contribution < -0.4 is 5.32 Å². The van der Waals surface area contributed by atoms with Gasteiger partial charge in [0.25, 0.3) is 5.91 Å². The smallest absolute Gasteiger partial charge is 0.261 e. The van der Waals surface area contributed by atoms with Crippen molar-refractivity contribution in [2.24, 2.45) is 0 Å². The molecule has 0 bridgehead atoms. The number of oxazole rings is 1. The van der Waals surface area contributed by atoms with Crippen LogP contribution in [0.25, 0.3) is 5.88 Å². The minimum absolute atomic E-state index is 0.0985. The van der Waals surface area contributed by atoms with Gasteiger partial charge in [-0.3, -0.25) is 14.9 Å². The summed E-state index contributed by atoms with van der Waals surface area (Å²) in [5.41, 5.74) is 1.51. The van der Waals surface area contributed by atoms with Crippen molar-refractivity contribution in [1.82, 2.24) is 20.1 Å². The van der Waals surface area contributed by atoms with Crippen LogP contribution in [0.15, 0.2) is 17.0 Å². The van der Waals surface area contributed by atoms with Crippen LogP contribution in [0, 0.1) is 6.92 Å². The van der Waals surface area contributed by atoms with Gasteiger partial charge in [0.2, 0.25) is 11.8 Å². The van der Waals surface area contributed by atoms with Crippen molar-refractivity contribution >= 4 is 11.8 Å². The zero-order chi connectivity index (χ0) is 12.0. The molecule has 7 nitrogen and oxygen atoms in total. The Bertz CT molecular complexity index is 625. The SMILES string of the molecule is Cc1ncoc1-n1cc2c(n1)CC(=O)NC2=O. The number of hydrogen-bond acceptors (Lipinski definition) is 5. The monoisotopic (exact) mass is 232 g/mol. The standard InChI is InChI=1S/C10H8N4O3/c1-5-10(17-4-11-5)14-3-6-7(13-14)2-8(15)12-9(6)16/h3-4H,2H2,1H3,(H,12,15,16). The molecule has 0 aromatic carbocycles. The van der Waals surface area contributed by atoms with Gasteiger partial charge in [-0.15, -0.1) is 0 Å². The Kier molecular flexibility index (Phi) is 1.88. The van der Waals surface area contributed by atoms with Crippen molar-refractivity contribution in [3.8, 4) is 5.88 Å². The zero-order valence-electron chi connectivity index (χ0n) is 8.93. The van der Waals surface area contributed by atoms with E-state index >= 15 is 0 Å². The molecule has 2 aromatic heterocycles. The second kappa shape index (κ2) is 3.27. The maximum atomic E-state index is 11.5. The van der Waals surface area contributed by atoms with E-state index in [4.69, 9.17) is 4.42 Å². The van der Waals surface area contributed by atoms with Crippen LogP contribution in [0.3, 0.4) is 0 Å². The Morgan fingerprint density at radius 1 is 1.47 bits per heavy atom. The maximum absolute atomic E-state index is 11.5. The predicted octanol–water partition coefficient (Wildman–Crippen LogP) is -0.0188. The van der Waals surface area contributed by atoms with Gasteiger partial charge in [-0.2, -0.15) is 5.10 Å². The van der Waals surface area contributed by atoms with E-state index in [0.29, 0.717) is 22.8 Å². The first kappa shape index (κ1) is 9.76. The fraction of sp³-hybridized carbons (Fsp3) is 0.200. The van der Waals surface area contributed by atoms with Gasteiger partial charge in [0.1, 0.15) is 5.69 Å². The average Bonchev–Trinajstić information content (AvgIpc) is 2.83. The predicted molar refractivity (Wildman–Crippen MR) is 54.5 cm³/mol. The number of fused-ring (bicyclic) bond motifs is 1. The van der Waals surface area contributed by atoms with Crippen LogP contribution in [-0.2, 0) is 11.2 Å². The number of rotatable bonds is 1. The molecule has 0 atom stereocenters. The molecule has 7 heteroatoms. The van der Waals surface area contributed by atoms with Gasteiger partial charge >= 0.3 is 0 Å². The van der Waals surface area contributed by atoms with Crippen LogP contribution in [0.1, 0.15) is 21.7 Å². The van der Waals surface area contributed by atoms with Gasteiger partial charge in [-0.25, -0.2) is 9.67 Å². The number of carbonyl (C=O) groups excluding carboxylic acids is 2. The largest absolute Gasteiger partial charge is 0.425 e. The molecule has 1 N–H and O–H groups in total. The van der Waals surface area contributed by atoms with Gasteiger partial charge in [0.15, 0.2) is 6.39 Å². The highest BCUT2D eigenvalue weighted by Crippen LogP contribution is 2.17. The van der Waals surface area contributed by atoms with E-state index in [1.54, 1.807) is 6.92 Å². The number of aryl methyl sites for hydroxylation is 1. The first-order chi connectivity index (χ1) is 8.15. The van der Waals surface area contributed by atoms with E-state index in [0.717, 1.165) is 0 Å². The highest BCUT2D eigenvalue weighted by molar-refractivity contribution is 6.09. The Balaban J connectivity index is 2.11. The minimum Gasteiger partial charge on any atom is -0.425 e. The van der Waals surface area contributed by atoms with Crippen LogP contribution in [-0.4, -0.2) is 26.6 Å². The van der Waals surface area contributed by atoms with E-state index in [-0.39, 0.29) is 12.3 Å². The van der Waals surface area contributed by atoms with Crippen molar-refractivity contribution in [2.45, 2.75) is 13.3 Å². The molecule has 0 fully saturated rings. The molecule has 1 aliphatic rings. The third-order valence-electron chi connectivity index (χ3n) is 2.54. The van der Waals surface area contributed by atoms with Crippen molar-refractivity contribution in [3.05, 3.63) is 29.5 Å². The lowest BCUT2D eigenvalue weighted by molar-refractivity contribution is -0.119. The van der Waals surface area contributed by atoms with Crippen molar-refractivity contribution in [1.29, 1.82) is 0 Å². The van der Waals surface area contributed by atoms with E-state index in [9.17, 15) is 9.59 Å². The summed E-state index contributed by atoms with van der Waals surface area (Å²) in [4.78, 5) is 26.7. The van der Waals surface area contributed by atoms with Gasteiger partial charge in [0.05, 0.1) is 17.7 Å². The topological polar surface area (TPSA) is 90.0 Å². The molecule has 0 aliphatic carbocycles. The number of nitrogens with zero attached hydrogens (tertiary/aromatic N) is 3. The maximum Gasteiger partial charge on any atom is 0.261 e. The first-order valence-corrected chi connectivity index (χ1v) is 4.98. The first-order valence-electron chi connectivity index (χ1n) is 4.98. The van der Waals surface area contributed by atoms with Crippen LogP contribution in [0.5, 0.6) is 0 Å². The molecule has 3 rings (SSSR count). The Labute approximate surface area is 95.4 Å². The number of imide groups is 1.